The number of amides is 1. The van der Waals surface area contributed by atoms with Gasteiger partial charge in [0.2, 0.25) is 0 Å². The van der Waals surface area contributed by atoms with Gasteiger partial charge in [-0.25, -0.2) is 4.39 Å². The van der Waals surface area contributed by atoms with E-state index in [1.807, 2.05) is 0 Å². The first-order valence-electron chi connectivity index (χ1n) is 4.34. The van der Waals surface area contributed by atoms with Crippen molar-refractivity contribution in [3.8, 4) is 0 Å². The molecule has 0 aliphatic heterocycles. The number of hydrogen-bond donors (Lipinski definition) is 1. The summed E-state index contributed by atoms with van der Waals surface area (Å²) in [6.07, 6.45) is 0. The van der Waals surface area contributed by atoms with Crippen LogP contribution in [0.15, 0.2) is 18.2 Å². The van der Waals surface area contributed by atoms with Gasteiger partial charge in [0.15, 0.2) is 0 Å². The quantitative estimate of drug-likeness (QED) is 0.819. The van der Waals surface area contributed by atoms with E-state index >= 15 is 0 Å². The van der Waals surface area contributed by atoms with Gasteiger partial charge < -0.3 is 10.1 Å². The molecule has 0 spiro atoms. The molecule has 0 aromatic heterocycles. The molecule has 1 aromatic rings. The molecule has 1 amide bonds. The molecule has 0 aliphatic carbocycles. The van der Waals surface area contributed by atoms with Crippen molar-refractivity contribution in [2.45, 2.75) is 0 Å². The Balaban J connectivity index is 2.66. The number of methoxy groups -OCH3 is 1. The molecule has 0 atom stereocenters. The molecular weight excluding hydrogens is 237 g/mol. The lowest BCUT2D eigenvalue weighted by Crippen LogP contribution is -2.30. The van der Waals surface area contributed by atoms with Crippen molar-refractivity contribution >= 4 is 23.5 Å². The van der Waals surface area contributed by atoms with Crippen LogP contribution in [-0.2, 0) is 9.53 Å². The fourth-order valence-electron chi connectivity index (χ4n) is 0.964. The van der Waals surface area contributed by atoms with Crippen molar-refractivity contribution in [1.82, 2.24) is 5.32 Å². The average Bonchev–Trinajstić information content (AvgIpc) is 2.29. The molecule has 0 heterocycles. The van der Waals surface area contributed by atoms with E-state index in [0.29, 0.717) is 0 Å². The standard InChI is InChI=1S/C10H9ClFNO3/c1-16-9(14)5-13-10(15)6-2-3-8(12)7(11)4-6/h2-4H,5H2,1H3,(H,13,15). The van der Waals surface area contributed by atoms with Gasteiger partial charge >= 0.3 is 5.97 Å². The molecule has 16 heavy (non-hydrogen) atoms. The maximum Gasteiger partial charge on any atom is 0.325 e. The first kappa shape index (κ1) is 12.4. The SMILES string of the molecule is COC(=O)CNC(=O)c1ccc(F)c(Cl)c1. The summed E-state index contributed by atoms with van der Waals surface area (Å²) in [5.41, 5.74) is 0.176. The van der Waals surface area contributed by atoms with Crippen molar-refractivity contribution < 1.29 is 18.7 Å². The van der Waals surface area contributed by atoms with Crippen LogP contribution in [0.2, 0.25) is 5.02 Å². The minimum absolute atomic E-state index is 0.147. The molecule has 0 bridgehead atoms. The zero-order valence-electron chi connectivity index (χ0n) is 8.42. The summed E-state index contributed by atoms with van der Waals surface area (Å²) in [5.74, 6) is -1.69. The van der Waals surface area contributed by atoms with Gasteiger partial charge in [0.1, 0.15) is 12.4 Å². The molecule has 86 valence electrons. The highest BCUT2D eigenvalue weighted by Crippen LogP contribution is 2.15. The summed E-state index contributed by atoms with van der Waals surface area (Å²) in [6.45, 7) is -0.246. The Morgan fingerprint density at radius 3 is 2.75 bits per heavy atom. The summed E-state index contributed by atoms with van der Waals surface area (Å²) in [7, 11) is 1.21. The number of rotatable bonds is 3. The Morgan fingerprint density at radius 2 is 2.19 bits per heavy atom. The van der Waals surface area contributed by atoms with Crippen LogP contribution in [-0.4, -0.2) is 25.5 Å². The van der Waals surface area contributed by atoms with E-state index in [-0.39, 0.29) is 17.1 Å². The molecule has 4 nitrogen and oxygen atoms in total. The minimum atomic E-state index is -0.605. The predicted molar refractivity (Wildman–Crippen MR) is 55.8 cm³/mol. The lowest BCUT2D eigenvalue weighted by atomic mass is 10.2. The van der Waals surface area contributed by atoms with Gasteiger partial charge in [-0.15, -0.1) is 0 Å². The Kier molecular flexibility index (Phi) is 4.25. The molecular formula is C10H9ClFNO3. The van der Waals surface area contributed by atoms with E-state index in [1.165, 1.54) is 19.2 Å². The van der Waals surface area contributed by atoms with E-state index in [2.05, 4.69) is 10.1 Å². The lowest BCUT2D eigenvalue weighted by molar-refractivity contribution is -0.139. The summed E-state index contributed by atoms with van der Waals surface area (Å²) in [5, 5.41) is 2.15. The van der Waals surface area contributed by atoms with Crippen LogP contribution in [0.3, 0.4) is 0 Å². The van der Waals surface area contributed by atoms with Gasteiger partial charge in [0, 0.05) is 5.56 Å². The van der Waals surface area contributed by atoms with Gasteiger partial charge in [0.05, 0.1) is 12.1 Å². The minimum Gasteiger partial charge on any atom is -0.468 e. The maximum absolute atomic E-state index is 12.8. The normalized spacial score (nSPS) is 9.69. The third kappa shape index (κ3) is 3.20. The fourth-order valence-corrected chi connectivity index (χ4v) is 1.14. The number of nitrogens with one attached hydrogen (secondary N) is 1. The molecule has 0 aliphatic rings. The van der Waals surface area contributed by atoms with E-state index in [1.54, 1.807) is 0 Å². The number of benzene rings is 1. The van der Waals surface area contributed by atoms with Gasteiger partial charge in [-0.3, -0.25) is 9.59 Å². The van der Waals surface area contributed by atoms with Crippen LogP contribution < -0.4 is 5.32 Å². The summed E-state index contributed by atoms with van der Waals surface area (Å²) in [4.78, 5) is 22.2. The molecule has 0 unspecified atom stereocenters. The highest BCUT2D eigenvalue weighted by Gasteiger charge is 2.09. The van der Waals surface area contributed by atoms with Crippen molar-refractivity contribution in [3.05, 3.63) is 34.6 Å². The molecule has 1 rings (SSSR count). The first-order chi connectivity index (χ1) is 7.54. The molecule has 6 heteroatoms. The number of hydrogen-bond acceptors (Lipinski definition) is 3. The van der Waals surface area contributed by atoms with Crippen molar-refractivity contribution in [2.75, 3.05) is 13.7 Å². The zero-order valence-corrected chi connectivity index (χ0v) is 9.18. The number of esters is 1. The molecule has 1 aromatic carbocycles. The van der Waals surface area contributed by atoms with Crippen LogP contribution in [0.1, 0.15) is 10.4 Å². The summed E-state index contributed by atoms with van der Waals surface area (Å²) in [6, 6.07) is 3.53. The lowest BCUT2D eigenvalue weighted by Gasteiger charge is -2.04. The molecule has 0 radical (unpaired) electrons. The number of ether oxygens (including phenoxy) is 1. The van der Waals surface area contributed by atoms with Crippen molar-refractivity contribution in [3.63, 3.8) is 0 Å². The van der Waals surface area contributed by atoms with Gasteiger partial charge in [-0.1, -0.05) is 11.6 Å². The van der Waals surface area contributed by atoms with Gasteiger partial charge in [-0.05, 0) is 18.2 Å². The topological polar surface area (TPSA) is 55.4 Å². The second kappa shape index (κ2) is 5.46. The second-order valence-corrected chi connectivity index (χ2v) is 3.29. The first-order valence-corrected chi connectivity index (χ1v) is 4.72. The molecule has 1 N–H and O–H groups in total. The van der Waals surface area contributed by atoms with E-state index in [9.17, 15) is 14.0 Å². The average molecular weight is 246 g/mol. The van der Waals surface area contributed by atoms with Crippen LogP contribution >= 0.6 is 11.6 Å². The molecule has 0 saturated carbocycles. The smallest absolute Gasteiger partial charge is 0.325 e. The van der Waals surface area contributed by atoms with Crippen LogP contribution in [0.5, 0.6) is 0 Å². The van der Waals surface area contributed by atoms with Crippen LogP contribution in [0, 0.1) is 5.82 Å². The fraction of sp³-hybridized carbons (Fsp3) is 0.200. The Bertz CT molecular complexity index is 423. The molecule has 0 fully saturated rings. The zero-order chi connectivity index (χ0) is 12.1. The highest BCUT2D eigenvalue weighted by atomic mass is 35.5. The van der Waals surface area contributed by atoms with Crippen molar-refractivity contribution in [2.24, 2.45) is 0 Å². The number of halogens is 2. The van der Waals surface area contributed by atoms with E-state index in [0.717, 1.165) is 6.07 Å². The Hall–Kier alpha value is -1.62. The van der Waals surface area contributed by atoms with E-state index in [4.69, 9.17) is 11.6 Å². The summed E-state index contributed by atoms with van der Waals surface area (Å²) < 4.78 is 17.1. The maximum atomic E-state index is 12.8. The van der Waals surface area contributed by atoms with Gasteiger partial charge in [-0.2, -0.15) is 0 Å². The predicted octanol–water partition coefficient (Wildman–Crippen LogP) is 1.38. The van der Waals surface area contributed by atoms with Crippen LogP contribution in [0.25, 0.3) is 0 Å². The third-order valence-electron chi connectivity index (χ3n) is 1.80. The number of carbonyl (C=O) groups is 2. The molecule has 0 saturated heterocycles. The number of carbonyl (C=O) groups excluding carboxylic acids is 2. The van der Waals surface area contributed by atoms with E-state index < -0.39 is 17.7 Å². The Labute approximate surface area is 96.3 Å². The highest BCUT2D eigenvalue weighted by molar-refractivity contribution is 6.31. The second-order valence-electron chi connectivity index (χ2n) is 2.89. The summed E-state index contributed by atoms with van der Waals surface area (Å²) >= 11 is 5.50. The Morgan fingerprint density at radius 1 is 1.50 bits per heavy atom. The van der Waals surface area contributed by atoms with Crippen LogP contribution in [0.4, 0.5) is 4.39 Å². The monoisotopic (exact) mass is 245 g/mol. The van der Waals surface area contributed by atoms with Crippen molar-refractivity contribution in [1.29, 1.82) is 0 Å². The third-order valence-corrected chi connectivity index (χ3v) is 2.09. The largest absolute Gasteiger partial charge is 0.468 e. The van der Waals surface area contributed by atoms with Gasteiger partial charge in [0.25, 0.3) is 5.91 Å².